The Hall–Kier alpha value is -2.77. The van der Waals surface area contributed by atoms with E-state index < -0.39 is 5.60 Å². The van der Waals surface area contributed by atoms with E-state index in [0.29, 0.717) is 26.2 Å². The Kier molecular flexibility index (Phi) is 7.18. The minimum atomic E-state index is -1.15. The first-order valence-corrected chi connectivity index (χ1v) is 9.95. The Morgan fingerprint density at radius 1 is 1.13 bits per heavy atom. The number of halogens is 1. The summed E-state index contributed by atoms with van der Waals surface area (Å²) in [5, 5.41) is 2.68. The number of likely N-dealkylation sites (N-methyl/N-ethyl adjacent to an activating group) is 1. The average molecular weight is 414 g/mol. The van der Waals surface area contributed by atoms with Gasteiger partial charge >= 0.3 is 0 Å². The van der Waals surface area contributed by atoms with Crippen LogP contribution < -0.4 is 5.32 Å². The third-order valence-electron chi connectivity index (χ3n) is 5.32. The smallest absolute Gasteiger partial charge is 0.254 e. The van der Waals surface area contributed by atoms with Crippen molar-refractivity contribution in [3.05, 3.63) is 59.9 Å². The van der Waals surface area contributed by atoms with E-state index in [-0.39, 0.29) is 30.6 Å². The number of carbonyl (C=O) groups excluding carboxylic acids is 2. The molecule has 3 rings (SSSR count). The number of morpholine rings is 1. The zero-order valence-electron chi connectivity index (χ0n) is 17.3. The van der Waals surface area contributed by atoms with E-state index in [9.17, 15) is 14.0 Å². The molecule has 1 heterocycles. The molecular formula is C23H27FN2O4. The number of nitrogens with zero attached hydrogens (tertiary/aromatic N) is 1. The maximum atomic E-state index is 13.1. The maximum absolute atomic E-state index is 13.1. The monoisotopic (exact) mass is 414 g/mol. The van der Waals surface area contributed by atoms with Crippen molar-refractivity contribution in [2.75, 3.05) is 40.5 Å². The molecule has 0 bridgehead atoms. The lowest BCUT2D eigenvalue weighted by Crippen LogP contribution is -2.61. The highest BCUT2D eigenvalue weighted by Crippen LogP contribution is 2.26. The van der Waals surface area contributed by atoms with Crippen LogP contribution in [0.25, 0.3) is 11.1 Å². The van der Waals surface area contributed by atoms with Gasteiger partial charge in [0, 0.05) is 27.1 Å². The van der Waals surface area contributed by atoms with Crippen molar-refractivity contribution in [1.82, 2.24) is 10.2 Å². The molecule has 1 unspecified atom stereocenters. The predicted octanol–water partition coefficient (Wildman–Crippen LogP) is 2.42. The SMILES string of the molecule is CNC(=O)C1(Cc2ccc(-c3ccc(F)cc3)cc2)CN(C(=O)CCOC)CCO1. The van der Waals surface area contributed by atoms with Gasteiger partial charge in [-0.3, -0.25) is 9.59 Å². The van der Waals surface area contributed by atoms with Gasteiger partial charge in [-0.2, -0.15) is 0 Å². The molecule has 30 heavy (non-hydrogen) atoms. The van der Waals surface area contributed by atoms with Gasteiger partial charge in [0.15, 0.2) is 5.60 Å². The molecule has 1 aliphatic rings. The minimum absolute atomic E-state index is 0.0555. The van der Waals surface area contributed by atoms with E-state index in [1.807, 2.05) is 24.3 Å². The van der Waals surface area contributed by atoms with Crippen LogP contribution in [0.3, 0.4) is 0 Å². The van der Waals surface area contributed by atoms with Gasteiger partial charge in [-0.15, -0.1) is 0 Å². The van der Waals surface area contributed by atoms with E-state index >= 15 is 0 Å². The molecule has 2 aromatic rings. The van der Waals surface area contributed by atoms with E-state index in [0.717, 1.165) is 16.7 Å². The summed E-state index contributed by atoms with van der Waals surface area (Å²) >= 11 is 0. The van der Waals surface area contributed by atoms with Crippen LogP contribution >= 0.6 is 0 Å². The number of amides is 2. The standard InChI is InChI=1S/C23H27FN2O4/c1-25-22(28)23(16-26(12-14-30-23)21(27)11-13-29-2)15-17-3-5-18(6-4-17)19-7-9-20(24)10-8-19/h3-10H,11-16H2,1-2H3,(H,25,28). The third-order valence-corrected chi connectivity index (χ3v) is 5.32. The normalized spacial score (nSPS) is 18.8. The summed E-state index contributed by atoms with van der Waals surface area (Å²) in [4.78, 5) is 26.9. The zero-order valence-corrected chi connectivity index (χ0v) is 17.3. The summed E-state index contributed by atoms with van der Waals surface area (Å²) < 4.78 is 24.1. The molecule has 6 nitrogen and oxygen atoms in total. The first kappa shape index (κ1) is 21.9. The molecule has 160 valence electrons. The number of benzene rings is 2. The molecule has 1 fully saturated rings. The number of rotatable bonds is 7. The second-order valence-electron chi connectivity index (χ2n) is 7.36. The van der Waals surface area contributed by atoms with Gasteiger partial charge in [-0.05, 0) is 28.8 Å². The summed E-state index contributed by atoms with van der Waals surface area (Å²) in [5.74, 6) is -0.587. The maximum Gasteiger partial charge on any atom is 0.254 e. The molecular weight excluding hydrogens is 387 g/mol. The fraction of sp³-hybridized carbons (Fsp3) is 0.391. The summed E-state index contributed by atoms with van der Waals surface area (Å²) in [6.45, 7) is 1.27. The first-order chi connectivity index (χ1) is 14.5. The van der Waals surface area contributed by atoms with Gasteiger partial charge in [-0.1, -0.05) is 36.4 Å². The number of ether oxygens (including phenoxy) is 2. The topological polar surface area (TPSA) is 67.9 Å². The average Bonchev–Trinajstić information content (AvgIpc) is 2.78. The van der Waals surface area contributed by atoms with E-state index in [4.69, 9.17) is 9.47 Å². The van der Waals surface area contributed by atoms with E-state index in [2.05, 4.69) is 5.32 Å². The van der Waals surface area contributed by atoms with Crippen molar-refractivity contribution in [3.8, 4) is 11.1 Å². The number of methoxy groups -OCH3 is 1. The van der Waals surface area contributed by atoms with Crippen molar-refractivity contribution in [2.24, 2.45) is 0 Å². The highest BCUT2D eigenvalue weighted by atomic mass is 19.1. The molecule has 0 aromatic heterocycles. The molecule has 0 aliphatic carbocycles. The molecule has 0 spiro atoms. The van der Waals surface area contributed by atoms with Crippen LogP contribution in [0.4, 0.5) is 4.39 Å². The Bertz CT molecular complexity index is 870. The van der Waals surface area contributed by atoms with Crippen LogP contribution in [0.15, 0.2) is 48.5 Å². The molecule has 1 aliphatic heterocycles. The first-order valence-electron chi connectivity index (χ1n) is 9.95. The summed E-state index contributed by atoms with van der Waals surface area (Å²) in [7, 11) is 3.12. The van der Waals surface area contributed by atoms with Gasteiger partial charge < -0.3 is 19.7 Å². The Balaban J connectivity index is 1.78. The minimum Gasteiger partial charge on any atom is -0.384 e. The number of hydrogen-bond acceptors (Lipinski definition) is 4. The lowest BCUT2D eigenvalue weighted by atomic mass is 9.90. The van der Waals surface area contributed by atoms with Gasteiger partial charge in [0.2, 0.25) is 5.91 Å². The van der Waals surface area contributed by atoms with Crippen molar-refractivity contribution in [2.45, 2.75) is 18.4 Å². The van der Waals surface area contributed by atoms with Crippen LogP contribution in [0, 0.1) is 5.82 Å². The molecule has 7 heteroatoms. The number of nitrogens with one attached hydrogen (secondary N) is 1. The predicted molar refractivity (Wildman–Crippen MR) is 111 cm³/mol. The lowest BCUT2D eigenvalue weighted by molar-refractivity contribution is -0.166. The van der Waals surface area contributed by atoms with Gasteiger partial charge in [0.05, 0.1) is 26.2 Å². The second-order valence-corrected chi connectivity index (χ2v) is 7.36. The van der Waals surface area contributed by atoms with Crippen LogP contribution in [-0.4, -0.2) is 62.8 Å². The van der Waals surface area contributed by atoms with Crippen LogP contribution in [-0.2, 0) is 25.5 Å². The Morgan fingerprint density at radius 3 is 2.37 bits per heavy atom. The zero-order chi connectivity index (χ0) is 21.6. The van der Waals surface area contributed by atoms with Gasteiger partial charge in [0.25, 0.3) is 5.91 Å². The fourth-order valence-electron chi connectivity index (χ4n) is 3.68. The van der Waals surface area contributed by atoms with Crippen molar-refractivity contribution >= 4 is 11.8 Å². The number of hydrogen-bond donors (Lipinski definition) is 1. The highest BCUT2D eigenvalue weighted by Gasteiger charge is 2.44. The largest absolute Gasteiger partial charge is 0.384 e. The second kappa shape index (κ2) is 9.82. The molecule has 0 radical (unpaired) electrons. The van der Waals surface area contributed by atoms with Crippen molar-refractivity contribution < 1.29 is 23.5 Å². The summed E-state index contributed by atoms with van der Waals surface area (Å²) in [5.41, 5.74) is 1.63. The molecule has 2 amide bonds. The highest BCUT2D eigenvalue weighted by molar-refractivity contribution is 5.87. The van der Waals surface area contributed by atoms with Crippen molar-refractivity contribution in [1.29, 1.82) is 0 Å². The van der Waals surface area contributed by atoms with E-state index in [1.54, 1.807) is 31.2 Å². The van der Waals surface area contributed by atoms with Gasteiger partial charge in [-0.25, -0.2) is 4.39 Å². The van der Waals surface area contributed by atoms with Crippen LogP contribution in [0.1, 0.15) is 12.0 Å². The molecule has 1 N–H and O–H groups in total. The quantitative estimate of drug-likeness (QED) is 0.756. The van der Waals surface area contributed by atoms with E-state index in [1.165, 1.54) is 12.1 Å². The molecule has 0 saturated carbocycles. The Morgan fingerprint density at radius 2 is 1.77 bits per heavy atom. The third kappa shape index (κ3) is 5.04. The van der Waals surface area contributed by atoms with Crippen molar-refractivity contribution in [3.63, 3.8) is 0 Å². The fourth-order valence-corrected chi connectivity index (χ4v) is 3.68. The summed E-state index contributed by atoms with van der Waals surface area (Å²) in [6.07, 6.45) is 0.608. The summed E-state index contributed by atoms with van der Waals surface area (Å²) in [6, 6.07) is 14.0. The lowest BCUT2D eigenvalue weighted by Gasteiger charge is -2.41. The Labute approximate surface area is 176 Å². The van der Waals surface area contributed by atoms with Gasteiger partial charge in [0.1, 0.15) is 5.82 Å². The molecule has 2 aromatic carbocycles. The number of carbonyl (C=O) groups is 2. The molecule has 1 atom stereocenters. The molecule has 1 saturated heterocycles. The van der Waals surface area contributed by atoms with Crippen LogP contribution in [0.2, 0.25) is 0 Å². The van der Waals surface area contributed by atoms with Crippen LogP contribution in [0.5, 0.6) is 0 Å².